The zero-order valence-corrected chi connectivity index (χ0v) is 16.3. The summed E-state index contributed by atoms with van der Waals surface area (Å²) in [4.78, 5) is 7.62. The van der Waals surface area contributed by atoms with Crippen molar-refractivity contribution in [3.8, 4) is 28.5 Å². The number of methoxy groups -OCH3 is 2. The number of aromatic amines is 1. The van der Waals surface area contributed by atoms with E-state index in [4.69, 9.17) is 25.8 Å². The highest BCUT2D eigenvalue weighted by Crippen LogP contribution is 2.30. The van der Waals surface area contributed by atoms with Gasteiger partial charge in [-0.2, -0.15) is 0 Å². The molecule has 0 fully saturated rings. The highest BCUT2D eigenvalue weighted by Gasteiger charge is 2.08. The molecule has 0 aliphatic carbocycles. The highest BCUT2D eigenvalue weighted by atomic mass is 35.5. The van der Waals surface area contributed by atoms with Gasteiger partial charge in [0.15, 0.2) is 0 Å². The third kappa shape index (κ3) is 3.75. The Bertz CT molecular complexity index is 1100. The second kappa shape index (κ2) is 7.82. The second-order valence-electron chi connectivity index (χ2n) is 6.28. The van der Waals surface area contributed by atoms with Gasteiger partial charge in [-0.3, -0.25) is 0 Å². The summed E-state index contributed by atoms with van der Waals surface area (Å²) in [5.74, 6) is 2.22. The van der Waals surface area contributed by atoms with E-state index in [1.165, 1.54) is 0 Å². The van der Waals surface area contributed by atoms with E-state index in [0.717, 1.165) is 45.1 Å². The lowest BCUT2D eigenvalue weighted by molar-refractivity contribution is 0.304. The SMILES string of the molecule is COc1cc(COc2cccc(-c3cc4c(Cl)ccnc4[nH]3)c2)cc(OC)c1. The van der Waals surface area contributed by atoms with Crippen molar-refractivity contribution < 1.29 is 14.2 Å². The van der Waals surface area contributed by atoms with Crippen molar-refractivity contribution in [1.82, 2.24) is 9.97 Å². The van der Waals surface area contributed by atoms with Crippen LogP contribution in [0.25, 0.3) is 22.3 Å². The lowest BCUT2D eigenvalue weighted by Crippen LogP contribution is -1.97. The molecule has 0 spiro atoms. The molecule has 0 radical (unpaired) electrons. The van der Waals surface area contributed by atoms with Crippen molar-refractivity contribution in [1.29, 1.82) is 0 Å². The summed E-state index contributed by atoms with van der Waals surface area (Å²) >= 11 is 6.25. The number of fused-ring (bicyclic) bond motifs is 1. The van der Waals surface area contributed by atoms with Crippen molar-refractivity contribution >= 4 is 22.6 Å². The number of ether oxygens (including phenoxy) is 3. The molecule has 0 bridgehead atoms. The van der Waals surface area contributed by atoms with Crippen LogP contribution in [0, 0.1) is 0 Å². The zero-order valence-electron chi connectivity index (χ0n) is 15.5. The number of rotatable bonds is 6. The number of nitrogens with zero attached hydrogens (tertiary/aromatic N) is 1. The van der Waals surface area contributed by atoms with Crippen LogP contribution in [-0.2, 0) is 6.61 Å². The Hall–Kier alpha value is -3.18. The van der Waals surface area contributed by atoms with Gasteiger partial charge in [-0.15, -0.1) is 0 Å². The van der Waals surface area contributed by atoms with E-state index < -0.39 is 0 Å². The molecule has 2 heterocycles. The molecule has 2 aromatic heterocycles. The summed E-state index contributed by atoms with van der Waals surface area (Å²) in [6.45, 7) is 0.400. The molecule has 0 unspecified atom stereocenters. The topological polar surface area (TPSA) is 56.4 Å². The fourth-order valence-electron chi connectivity index (χ4n) is 3.02. The predicted molar refractivity (Wildman–Crippen MR) is 110 cm³/mol. The minimum absolute atomic E-state index is 0.400. The molecule has 0 saturated carbocycles. The van der Waals surface area contributed by atoms with Crippen LogP contribution in [0.15, 0.2) is 60.8 Å². The van der Waals surface area contributed by atoms with Gasteiger partial charge in [-0.05, 0) is 42.0 Å². The van der Waals surface area contributed by atoms with Crippen LogP contribution >= 0.6 is 11.6 Å². The van der Waals surface area contributed by atoms with Gasteiger partial charge in [0.2, 0.25) is 0 Å². The Morgan fingerprint density at radius 2 is 1.71 bits per heavy atom. The Kier molecular flexibility index (Phi) is 5.08. The summed E-state index contributed by atoms with van der Waals surface area (Å²) in [5, 5.41) is 1.57. The van der Waals surface area contributed by atoms with Gasteiger partial charge in [0.05, 0.1) is 19.2 Å². The monoisotopic (exact) mass is 394 g/mol. The predicted octanol–water partition coefficient (Wildman–Crippen LogP) is 5.48. The van der Waals surface area contributed by atoms with E-state index in [1.807, 2.05) is 48.5 Å². The molecule has 4 rings (SSSR count). The molecule has 6 heteroatoms. The highest BCUT2D eigenvalue weighted by molar-refractivity contribution is 6.35. The van der Waals surface area contributed by atoms with E-state index in [-0.39, 0.29) is 0 Å². The van der Waals surface area contributed by atoms with Crippen molar-refractivity contribution in [3.05, 3.63) is 71.4 Å². The largest absolute Gasteiger partial charge is 0.497 e. The van der Waals surface area contributed by atoms with Gasteiger partial charge in [-0.1, -0.05) is 23.7 Å². The number of hydrogen-bond acceptors (Lipinski definition) is 4. The molecular formula is C22H19ClN2O3. The average molecular weight is 395 g/mol. The maximum Gasteiger partial charge on any atom is 0.139 e. The van der Waals surface area contributed by atoms with E-state index in [2.05, 4.69) is 9.97 Å². The quantitative estimate of drug-likeness (QED) is 0.470. The first-order valence-corrected chi connectivity index (χ1v) is 9.12. The summed E-state index contributed by atoms with van der Waals surface area (Å²) in [5.41, 5.74) is 3.65. The fraction of sp³-hybridized carbons (Fsp3) is 0.136. The van der Waals surface area contributed by atoms with Crippen LogP contribution < -0.4 is 14.2 Å². The molecular weight excluding hydrogens is 376 g/mol. The van der Waals surface area contributed by atoms with Crippen LogP contribution in [-0.4, -0.2) is 24.2 Å². The van der Waals surface area contributed by atoms with Crippen molar-refractivity contribution in [2.24, 2.45) is 0 Å². The third-order valence-corrected chi connectivity index (χ3v) is 4.77. The molecule has 0 atom stereocenters. The lowest BCUT2D eigenvalue weighted by Gasteiger charge is -2.11. The van der Waals surface area contributed by atoms with Crippen LogP contribution in [0.1, 0.15) is 5.56 Å². The second-order valence-corrected chi connectivity index (χ2v) is 6.68. The van der Waals surface area contributed by atoms with Gasteiger partial charge in [0.1, 0.15) is 29.5 Å². The molecule has 1 N–H and O–H groups in total. The summed E-state index contributed by atoms with van der Waals surface area (Å²) in [6, 6.07) is 17.3. The molecule has 0 aliphatic rings. The molecule has 0 aliphatic heterocycles. The van der Waals surface area contributed by atoms with Crippen LogP contribution in [0.3, 0.4) is 0 Å². The Morgan fingerprint density at radius 1 is 0.929 bits per heavy atom. The molecule has 5 nitrogen and oxygen atoms in total. The van der Waals surface area contributed by atoms with Crippen LogP contribution in [0.2, 0.25) is 5.02 Å². The normalized spacial score (nSPS) is 10.8. The van der Waals surface area contributed by atoms with Crippen molar-refractivity contribution in [2.75, 3.05) is 14.2 Å². The maximum absolute atomic E-state index is 6.25. The Morgan fingerprint density at radius 3 is 2.43 bits per heavy atom. The van der Waals surface area contributed by atoms with E-state index in [0.29, 0.717) is 11.6 Å². The minimum atomic E-state index is 0.400. The molecule has 4 aromatic rings. The standard InChI is InChI=1S/C22H19ClN2O3/c1-26-17-8-14(9-18(11-17)27-2)13-28-16-5-3-4-15(10-16)21-12-19-20(23)6-7-24-22(19)25-21/h3-12H,13H2,1-2H3,(H,24,25). The number of halogens is 1. The smallest absolute Gasteiger partial charge is 0.139 e. The first-order chi connectivity index (χ1) is 13.7. The van der Waals surface area contributed by atoms with Gasteiger partial charge in [-0.25, -0.2) is 4.98 Å². The van der Waals surface area contributed by atoms with Crippen LogP contribution in [0.4, 0.5) is 0 Å². The number of aromatic nitrogens is 2. The van der Waals surface area contributed by atoms with Gasteiger partial charge >= 0.3 is 0 Å². The van der Waals surface area contributed by atoms with Crippen molar-refractivity contribution in [3.63, 3.8) is 0 Å². The average Bonchev–Trinajstić information content (AvgIpc) is 3.18. The lowest BCUT2D eigenvalue weighted by atomic mass is 10.1. The van der Waals surface area contributed by atoms with Gasteiger partial charge < -0.3 is 19.2 Å². The summed E-state index contributed by atoms with van der Waals surface area (Å²) in [6.07, 6.45) is 1.69. The molecule has 142 valence electrons. The third-order valence-electron chi connectivity index (χ3n) is 4.44. The van der Waals surface area contributed by atoms with E-state index in [9.17, 15) is 0 Å². The first-order valence-electron chi connectivity index (χ1n) is 8.74. The maximum atomic E-state index is 6.25. The molecule has 0 amide bonds. The zero-order chi connectivity index (χ0) is 19.5. The summed E-state index contributed by atoms with van der Waals surface area (Å²) in [7, 11) is 3.26. The number of hydrogen-bond donors (Lipinski definition) is 1. The number of H-pyrrole nitrogens is 1. The molecule has 2 aromatic carbocycles. The molecule has 0 saturated heterocycles. The number of nitrogens with one attached hydrogen (secondary N) is 1. The Labute approximate surface area is 167 Å². The van der Waals surface area contributed by atoms with Gasteiger partial charge in [0, 0.05) is 28.9 Å². The van der Waals surface area contributed by atoms with Crippen molar-refractivity contribution in [2.45, 2.75) is 6.61 Å². The summed E-state index contributed by atoms with van der Waals surface area (Å²) < 4.78 is 16.6. The number of pyridine rings is 1. The van der Waals surface area contributed by atoms with Gasteiger partial charge in [0.25, 0.3) is 0 Å². The van der Waals surface area contributed by atoms with Crippen LogP contribution in [0.5, 0.6) is 17.2 Å². The number of benzene rings is 2. The Balaban J connectivity index is 1.56. The van der Waals surface area contributed by atoms with E-state index in [1.54, 1.807) is 26.5 Å². The first kappa shape index (κ1) is 18.2. The fourth-order valence-corrected chi connectivity index (χ4v) is 3.22. The van der Waals surface area contributed by atoms with E-state index >= 15 is 0 Å². The molecule has 28 heavy (non-hydrogen) atoms. The minimum Gasteiger partial charge on any atom is -0.497 e.